The largest absolute Gasteiger partial charge is 0.455 e. The first-order valence-electron chi connectivity index (χ1n) is 19.2. The maximum Gasteiger partial charge on any atom is 0.143 e. The number of hydrogen-bond donors (Lipinski definition) is 0. The molecule has 56 heavy (non-hydrogen) atoms. The van der Waals surface area contributed by atoms with Gasteiger partial charge in [-0.2, -0.15) is 0 Å². The van der Waals surface area contributed by atoms with Crippen LogP contribution in [0.4, 0.5) is 17.1 Å². The van der Waals surface area contributed by atoms with Gasteiger partial charge in [0.25, 0.3) is 0 Å². The molecule has 2 nitrogen and oxygen atoms in total. The molecule has 0 fully saturated rings. The first-order chi connectivity index (χ1) is 27.8. The molecule has 0 amide bonds. The molecule has 1 aromatic heterocycles. The van der Waals surface area contributed by atoms with Crippen LogP contribution < -0.4 is 4.90 Å². The highest BCUT2D eigenvalue weighted by Crippen LogP contribution is 2.43. The highest BCUT2D eigenvalue weighted by Gasteiger charge is 2.18. The highest BCUT2D eigenvalue weighted by atomic mass is 16.3. The van der Waals surface area contributed by atoms with Crippen molar-refractivity contribution in [2.75, 3.05) is 4.90 Å². The second-order valence-corrected chi connectivity index (χ2v) is 14.4. The normalized spacial score (nSPS) is 11.6. The van der Waals surface area contributed by atoms with Crippen LogP contribution >= 0.6 is 0 Å². The van der Waals surface area contributed by atoms with Crippen LogP contribution in [0, 0.1) is 0 Å². The van der Waals surface area contributed by atoms with Crippen LogP contribution in [0.3, 0.4) is 0 Å². The Bertz CT molecular complexity index is 3200. The Kier molecular flexibility index (Phi) is 7.53. The number of para-hydroxylation sites is 2. The van der Waals surface area contributed by atoms with Crippen LogP contribution in [-0.4, -0.2) is 0 Å². The minimum absolute atomic E-state index is 0.907. The van der Waals surface area contributed by atoms with Crippen molar-refractivity contribution < 1.29 is 4.42 Å². The second kappa shape index (κ2) is 13.2. The number of benzene rings is 10. The molecule has 0 aliphatic heterocycles. The van der Waals surface area contributed by atoms with Crippen molar-refractivity contribution in [3.8, 4) is 33.4 Å². The van der Waals surface area contributed by atoms with Crippen molar-refractivity contribution in [2.24, 2.45) is 0 Å². The predicted octanol–water partition coefficient (Wildman–Crippen LogP) is 15.5. The van der Waals surface area contributed by atoms with Gasteiger partial charge in [0, 0.05) is 33.4 Å². The summed E-state index contributed by atoms with van der Waals surface area (Å²) in [7, 11) is 0. The van der Waals surface area contributed by atoms with Crippen molar-refractivity contribution in [2.45, 2.75) is 0 Å². The van der Waals surface area contributed by atoms with Gasteiger partial charge in [0.05, 0.1) is 0 Å². The van der Waals surface area contributed by atoms with Gasteiger partial charge >= 0.3 is 0 Å². The molecule has 1 heterocycles. The Balaban J connectivity index is 1.07. The lowest BCUT2D eigenvalue weighted by molar-refractivity contribution is 0.670. The van der Waals surface area contributed by atoms with Gasteiger partial charge in [0.2, 0.25) is 0 Å². The molecule has 0 unspecified atom stereocenters. The molecule has 0 saturated carbocycles. The molecule has 0 bridgehead atoms. The molecule has 0 atom stereocenters. The van der Waals surface area contributed by atoms with E-state index >= 15 is 0 Å². The zero-order valence-electron chi connectivity index (χ0n) is 30.6. The van der Waals surface area contributed by atoms with Crippen molar-refractivity contribution in [1.29, 1.82) is 0 Å². The summed E-state index contributed by atoms with van der Waals surface area (Å²) in [5.41, 5.74) is 12.1. The third-order valence-electron chi connectivity index (χ3n) is 11.3. The van der Waals surface area contributed by atoms with Gasteiger partial charge in [-0.3, -0.25) is 0 Å². The van der Waals surface area contributed by atoms with Gasteiger partial charge < -0.3 is 9.32 Å². The van der Waals surface area contributed by atoms with Crippen LogP contribution in [0.25, 0.3) is 87.6 Å². The van der Waals surface area contributed by atoms with Crippen molar-refractivity contribution in [3.63, 3.8) is 0 Å². The Labute approximate surface area is 325 Å². The van der Waals surface area contributed by atoms with Crippen molar-refractivity contribution in [3.05, 3.63) is 212 Å². The summed E-state index contributed by atoms with van der Waals surface area (Å²) in [6.45, 7) is 0. The number of anilines is 3. The van der Waals surface area contributed by atoms with Crippen LogP contribution in [0.1, 0.15) is 0 Å². The maximum absolute atomic E-state index is 6.43. The zero-order chi connectivity index (χ0) is 37.0. The molecule has 0 radical (unpaired) electrons. The maximum atomic E-state index is 6.43. The van der Waals surface area contributed by atoms with Crippen molar-refractivity contribution in [1.82, 2.24) is 0 Å². The number of nitrogens with zero attached hydrogens (tertiary/aromatic N) is 1. The molecule has 0 aliphatic carbocycles. The van der Waals surface area contributed by atoms with E-state index in [0.29, 0.717) is 0 Å². The summed E-state index contributed by atoms with van der Waals surface area (Å²) in [4.78, 5) is 2.38. The Morgan fingerprint density at radius 3 is 1.32 bits per heavy atom. The molecule has 10 aromatic carbocycles. The first-order valence-corrected chi connectivity index (χ1v) is 19.2. The lowest BCUT2D eigenvalue weighted by Crippen LogP contribution is -2.10. The SMILES string of the molecule is c1ccc(-c2ccccc2-c2ccc(N(c3ccc(-c4cccc5c4oc4ccccc45)cc3)c3ccc4c5ccccc5c5ccccc5c4c3)cc2)cc1. The molecule has 11 rings (SSSR count). The number of rotatable bonds is 6. The fraction of sp³-hybridized carbons (Fsp3) is 0. The van der Waals surface area contributed by atoms with Crippen LogP contribution in [0.2, 0.25) is 0 Å². The number of hydrogen-bond acceptors (Lipinski definition) is 2. The van der Waals surface area contributed by atoms with Gasteiger partial charge in [-0.25, -0.2) is 0 Å². The Morgan fingerprint density at radius 1 is 0.268 bits per heavy atom. The van der Waals surface area contributed by atoms with Gasteiger partial charge in [0.1, 0.15) is 11.2 Å². The summed E-state index contributed by atoms with van der Waals surface area (Å²) in [6, 6.07) is 76.4. The summed E-state index contributed by atoms with van der Waals surface area (Å²) in [5, 5.41) is 9.84. The van der Waals surface area contributed by atoms with E-state index in [1.165, 1.54) is 54.6 Å². The molecule has 0 aliphatic rings. The summed E-state index contributed by atoms with van der Waals surface area (Å²) in [5.74, 6) is 0. The monoisotopic (exact) mass is 713 g/mol. The lowest BCUT2D eigenvalue weighted by atomic mass is 9.93. The van der Waals surface area contributed by atoms with Crippen molar-refractivity contribution >= 4 is 71.3 Å². The zero-order valence-corrected chi connectivity index (χ0v) is 30.6. The molecule has 0 spiro atoms. The highest BCUT2D eigenvalue weighted by molar-refractivity contribution is 6.25. The lowest BCUT2D eigenvalue weighted by Gasteiger charge is -2.27. The molecule has 262 valence electrons. The summed E-state index contributed by atoms with van der Waals surface area (Å²) >= 11 is 0. The summed E-state index contributed by atoms with van der Waals surface area (Å²) in [6.07, 6.45) is 0. The molecule has 11 aromatic rings. The van der Waals surface area contributed by atoms with Gasteiger partial charge in [-0.05, 0) is 103 Å². The molecule has 2 heteroatoms. The molecular weight excluding hydrogens is 679 g/mol. The minimum Gasteiger partial charge on any atom is -0.455 e. The molecular formula is C54H35NO. The van der Waals surface area contributed by atoms with Gasteiger partial charge in [0.15, 0.2) is 0 Å². The van der Waals surface area contributed by atoms with E-state index in [2.05, 4.69) is 205 Å². The van der Waals surface area contributed by atoms with Crippen LogP contribution in [0.5, 0.6) is 0 Å². The topological polar surface area (TPSA) is 16.4 Å². The molecule has 0 saturated heterocycles. The van der Waals surface area contributed by atoms with E-state index in [4.69, 9.17) is 4.42 Å². The smallest absolute Gasteiger partial charge is 0.143 e. The predicted molar refractivity (Wildman–Crippen MR) is 237 cm³/mol. The first kappa shape index (κ1) is 32.0. The molecule has 0 N–H and O–H groups in total. The fourth-order valence-corrected chi connectivity index (χ4v) is 8.64. The van der Waals surface area contributed by atoms with E-state index in [1.807, 2.05) is 12.1 Å². The van der Waals surface area contributed by atoms with Gasteiger partial charge in [-0.1, -0.05) is 170 Å². The van der Waals surface area contributed by atoms with E-state index < -0.39 is 0 Å². The number of furan rings is 1. The Morgan fingerprint density at radius 2 is 0.696 bits per heavy atom. The summed E-state index contributed by atoms with van der Waals surface area (Å²) < 4.78 is 6.43. The van der Waals surface area contributed by atoms with E-state index in [-0.39, 0.29) is 0 Å². The minimum atomic E-state index is 0.907. The standard InChI is InChI=1S/C54H35NO/c1-2-13-36(14-3-1)42-15-4-5-16-43(42)37-25-29-39(30-26-37)55(41-33-34-49-47-19-7-6-17-45(47)46-18-8-9-20-48(46)52(49)35-41)40-31-27-38(28-32-40)44-22-12-23-51-50-21-10-11-24-53(50)56-54(44)51/h1-35H. The van der Waals surface area contributed by atoms with E-state index in [0.717, 1.165) is 50.1 Å². The average Bonchev–Trinajstić information content (AvgIpc) is 3.67. The van der Waals surface area contributed by atoms with Crippen LogP contribution in [0.15, 0.2) is 217 Å². The quantitative estimate of drug-likeness (QED) is 0.160. The number of fused-ring (bicyclic) bond motifs is 9. The van der Waals surface area contributed by atoms with Crippen LogP contribution in [-0.2, 0) is 0 Å². The third-order valence-corrected chi connectivity index (χ3v) is 11.3. The third kappa shape index (κ3) is 5.26. The second-order valence-electron chi connectivity index (χ2n) is 14.4. The fourth-order valence-electron chi connectivity index (χ4n) is 8.64. The Hall–Kier alpha value is -7.42. The van der Waals surface area contributed by atoms with Gasteiger partial charge in [-0.15, -0.1) is 0 Å². The average molecular weight is 714 g/mol. The van der Waals surface area contributed by atoms with E-state index in [9.17, 15) is 0 Å². The van der Waals surface area contributed by atoms with E-state index in [1.54, 1.807) is 0 Å².